The van der Waals surface area contributed by atoms with Gasteiger partial charge in [-0.3, -0.25) is 4.98 Å². The fourth-order valence-corrected chi connectivity index (χ4v) is 2.20. The lowest BCUT2D eigenvalue weighted by Crippen LogP contribution is -2.14. The van der Waals surface area contributed by atoms with Crippen LogP contribution in [0.2, 0.25) is 0 Å². The molecule has 76 valence electrons. The zero-order valence-electron chi connectivity index (χ0n) is 8.61. The Morgan fingerprint density at radius 1 is 1.64 bits per heavy atom. The summed E-state index contributed by atoms with van der Waals surface area (Å²) in [4.78, 5) is 6.48. The molecule has 1 aromatic rings. The van der Waals surface area contributed by atoms with Crippen LogP contribution in [0.5, 0.6) is 0 Å². The van der Waals surface area contributed by atoms with Crippen molar-refractivity contribution in [2.24, 2.45) is 5.73 Å². The Morgan fingerprint density at radius 2 is 2.50 bits per heavy atom. The van der Waals surface area contributed by atoms with Crippen LogP contribution in [0.3, 0.4) is 0 Å². The lowest BCUT2D eigenvalue weighted by molar-refractivity contribution is 0.411. The first-order valence-corrected chi connectivity index (χ1v) is 5.12. The van der Waals surface area contributed by atoms with E-state index in [9.17, 15) is 0 Å². The van der Waals surface area contributed by atoms with E-state index in [0.29, 0.717) is 12.5 Å². The lowest BCUT2D eigenvalue weighted by atomic mass is 9.95. The first-order valence-electron chi connectivity index (χ1n) is 5.12. The fraction of sp³-hybridized carbons (Fsp3) is 0.545. The molecule has 1 atom stereocenters. The number of likely N-dealkylation sites (tertiary alicyclic amines) is 1. The highest BCUT2D eigenvalue weighted by molar-refractivity contribution is 5.28. The Balaban J connectivity index is 2.22. The summed E-state index contributed by atoms with van der Waals surface area (Å²) in [5.41, 5.74) is 8.30. The van der Waals surface area contributed by atoms with Crippen molar-refractivity contribution in [1.82, 2.24) is 9.88 Å². The molecular weight excluding hydrogens is 174 g/mol. The maximum atomic E-state index is 5.70. The molecule has 1 aromatic heterocycles. The molecule has 0 radical (unpaired) electrons. The monoisotopic (exact) mass is 191 g/mol. The number of hydrogen-bond acceptors (Lipinski definition) is 3. The molecule has 14 heavy (non-hydrogen) atoms. The molecule has 1 saturated heterocycles. The van der Waals surface area contributed by atoms with E-state index >= 15 is 0 Å². The van der Waals surface area contributed by atoms with Crippen LogP contribution >= 0.6 is 0 Å². The summed E-state index contributed by atoms with van der Waals surface area (Å²) in [6.07, 6.45) is 5.01. The molecule has 3 nitrogen and oxygen atoms in total. The predicted octanol–water partition coefficient (Wildman–Crippen LogP) is 0.959. The van der Waals surface area contributed by atoms with Crippen LogP contribution in [-0.2, 0) is 6.54 Å². The summed E-state index contributed by atoms with van der Waals surface area (Å²) in [6, 6.07) is 2.12. The van der Waals surface area contributed by atoms with Gasteiger partial charge in [-0.25, -0.2) is 0 Å². The van der Waals surface area contributed by atoms with Crippen molar-refractivity contribution >= 4 is 0 Å². The maximum Gasteiger partial charge on any atom is 0.0315 e. The van der Waals surface area contributed by atoms with E-state index < -0.39 is 0 Å². The van der Waals surface area contributed by atoms with Gasteiger partial charge in [0.1, 0.15) is 0 Å². The number of pyridine rings is 1. The molecule has 0 spiro atoms. The van der Waals surface area contributed by atoms with Gasteiger partial charge in [-0.15, -0.1) is 0 Å². The number of hydrogen-bond donors (Lipinski definition) is 1. The third kappa shape index (κ3) is 1.79. The quantitative estimate of drug-likeness (QED) is 0.757. The largest absolute Gasteiger partial charge is 0.326 e. The standard InChI is InChI=1S/C11H17N3/c1-14-5-3-9(8-14)11-2-4-13-7-10(11)6-12/h2,4,7,9H,3,5-6,8,12H2,1H3. The highest BCUT2D eigenvalue weighted by Gasteiger charge is 2.22. The minimum atomic E-state index is 0.601. The van der Waals surface area contributed by atoms with Crippen LogP contribution in [0.15, 0.2) is 18.5 Å². The molecule has 2 heterocycles. The topological polar surface area (TPSA) is 42.2 Å². The van der Waals surface area contributed by atoms with Crippen molar-refractivity contribution in [2.75, 3.05) is 20.1 Å². The lowest BCUT2D eigenvalue weighted by Gasteiger charge is -2.14. The van der Waals surface area contributed by atoms with Crippen molar-refractivity contribution in [2.45, 2.75) is 18.9 Å². The van der Waals surface area contributed by atoms with Crippen LogP contribution in [0.4, 0.5) is 0 Å². The Kier molecular flexibility index (Phi) is 2.79. The Morgan fingerprint density at radius 3 is 3.14 bits per heavy atom. The van der Waals surface area contributed by atoms with Crippen molar-refractivity contribution in [3.8, 4) is 0 Å². The van der Waals surface area contributed by atoms with Gasteiger partial charge in [-0.2, -0.15) is 0 Å². The number of likely N-dealkylation sites (N-methyl/N-ethyl adjacent to an activating group) is 1. The van der Waals surface area contributed by atoms with Crippen molar-refractivity contribution in [3.05, 3.63) is 29.6 Å². The second-order valence-corrected chi connectivity index (χ2v) is 4.03. The van der Waals surface area contributed by atoms with E-state index in [0.717, 1.165) is 6.54 Å². The van der Waals surface area contributed by atoms with E-state index in [-0.39, 0.29) is 0 Å². The third-order valence-corrected chi connectivity index (χ3v) is 2.99. The van der Waals surface area contributed by atoms with Gasteiger partial charge in [0.15, 0.2) is 0 Å². The third-order valence-electron chi connectivity index (χ3n) is 2.99. The van der Waals surface area contributed by atoms with Gasteiger partial charge >= 0.3 is 0 Å². The number of nitrogens with two attached hydrogens (primary N) is 1. The normalized spacial score (nSPS) is 22.9. The smallest absolute Gasteiger partial charge is 0.0315 e. The predicted molar refractivity (Wildman–Crippen MR) is 57.0 cm³/mol. The van der Waals surface area contributed by atoms with Gasteiger partial charge in [0, 0.05) is 25.5 Å². The number of nitrogens with zero attached hydrogens (tertiary/aromatic N) is 2. The van der Waals surface area contributed by atoms with Gasteiger partial charge in [-0.05, 0) is 43.1 Å². The summed E-state index contributed by atoms with van der Waals surface area (Å²) in [6.45, 7) is 2.94. The second-order valence-electron chi connectivity index (χ2n) is 4.03. The van der Waals surface area contributed by atoms with Crippen LogP contribution in [0.25, 0.3) is 0 Å². The summed E-state index contributed by atoms with van der Waals surface area (Å²) >= 11 is 0. The van der Waals surface area contributed by atoms with Gasteiger partial charge < -0.3 is 10.6 Å². The SMILES string of the molecule is CN1CCC(c2ccncc2CN)C1. The molecule has 0 aliphatic carbocycles. The van der Waals surface area contributed by atoms with Crippen molar-refractivity contribution in [3.63, 3.8) is 0 Å². The molecule has 1 aliphatic rings. The average molecular weight is 191 g/mol. The van der Waals surface area contributed by atoms with E-state index in [2.05, 4.69) is 23.0 Å². The van der Waals surface area contributed by atoms with Gasteiger partial charge in [0.25, 0.3) is 0 Å². The molecule has 0 amide bonds. The Hall–Kier alpha value is -0.930. The minimum absolute atomic E-state index is 0.601. The molecule has 2 N–H and O–H groups in total. The summed E-state index contributed by atoms with van der Waals surface area (Å²) in [5, 5.41) is 0. The molecule has 1 fully saturated rings. The molecule has 1 aliphatic heterocycles. The zero-order chi connectivity index (χ0) is 9.97. The highest BCUT2D eigenvalue weighted by Crippen LogP contribution is 2.27. The maximum absolute atomic E-state index is 5.70. The number of aromatic nitrogens is 1. The van der Waals surface area contributed by atoms with E-state index in [1.807, 2.05) is 12.4 Å². The fourth-order valence-electron chi connectivity index (χ4n) is 2.20. The molecular formula is C11H17N3. The first kappa shape index (κ1) is 9.62. The van der Waals surface area contributed by atoms with Crippen LogP contribution in [-0.4, -0.2) is 30.0 Å². The van der Waals surface area contributed by atoms with E-state index in [4.69, 9.17) is 5.73 Å². The van der Waals surface area contributed by atoms with Gasteiger partial charge in [-0.1, -0.05) is 0 Å². The molecule has 0 aromatic carbocycles. The average Bonchev–Trinajstić information content (AvgIpc) is 2.65. The highest BCUT2D eigenvalue weighted by atomic mass is 15.1. The molecule has 3 heteroatoms. The molecule has 1 unspecified atom stereocenters. The zero-order valence-corrected chi connectivity index (χ0v) is 8.61. The van der Waals surface area contributed by atoms with Crippen LogP contribution in [0, 0.1) is 0 Å². The van der Waals surface area contributed by atoms with Crippen LogP contribution in [0.1, 0.15) is 23.5 Å². The van der Waals surface area contributed by atoms with E-state index in [1.54, 1.807) is 0 Å². The Labute approximate surface area is 84.9 Å². The van der Waals surface area contributed by atoms with Crippen molar-refractivity contribution < 1.29 is 0 Å². The van der Waals surface area contributed by atoms with Gasteiger partial charge in [0.2, 0.25) is 0 Å². The minimum Gasteiger partial charge on any atom is -0.326 e. The number of rotatable bonds is 2. The van der Waals surface area contributed by atoms with E-state index in [1.165, 1.54) is 24.1 Å². The summed E-state index contributed by atoms with van der Waals surface area (Å²) in [7, 11) is 2.17. The molecule has 2 rings (SSSR count). The van der Waals surface area contributed by atoms with Crippen molar-refractivity contribution in [1.29, 1.82) is 0 Å². The van der Waals surface area contributed by atoms with Crippen LogP contribution < -0.4 is 5.73 Å². The molecule has 0 bridgehead atoms. The Bertz CT molecular complexity index is 311. The first-order chi connectivity index (χ1) is 6.81. The van der Waals surface area contributed by atoms with Gasteiger partial charge in [0.05, 0.1) is 0 Å². The second kappa shape index (κ2) is 4.07. The summed E-state index contributed by atoms with van der Waals surface area (Å²) < 4.78 is 0. The summed E-state index contributed by atoms with van der Waals surface area (Å²) in [5.74, 6) is 0.654. The molecule has 0 saturated carbocycles.